The Morgan fingerprint density at radius 2 is 1.04 bits per heavy atom. The van der Waals surface area contributed by atoms with Crippen molar-refractivity contribution >= 4 is 43.6 Å². The van der Waals surface area contributed by atoms with Crippen molar-refractivity contribution in [2.75, 3.05) is 0 Å². The number of fused-ring (bicyclic) bond motifs is 6. The maximum Gasteiger partial charge on any atom is 0.416 e. The number of nitriles is 1. The van der Waals surface area contributed by atoms with Crippen LogP contribution in [0.4, 0.5) is 13.2 Å². The highest BCUT2D eigenvalue weighted by molar-refractivity contribution is 6.11. The minimum absolute atomic E-state index is 0.116. The van der Waals surface area contributed by atoms with Crippen LogP contribution in [-0.2, 0) is 6.18 Å². The fourth-order valence-corrected chi connectivity index (χ4v) is 7.60. The van der Waals surface area contributed by atoms with Gasteiger partial charge in [0.05, 0.1) is 51.1 Å². The summed E-state index contributed by atoms with van der Waals surface area (Å²) in [5.74, 6) is 1.55. The number of alkyl halides is 3. The Balaban J connectivity index is 1.30. The highest BCUT2D eigenvalue weighted by atomic mass is 19.4. The molecule has 0 aliphatic rings. The lowest BCUT2D eigenvalue weighted by molar-refractivity contribution is -0.137. The highest BCUT2D eigenvalue weighted by Gasteiger charge is 2.32. The van der Waals surface area contributed by atoms with E-state index in [9.17, 15) is 18.4 Å². The lowest BCUT2D eigenvalue weighted by atomic mass is 9.98. The van der Waals surface area contributed by atoms with E-state index in [-0.39, 0.29) is 11.1 Å². The molecular weight excluding hydrogens is 710 g/mol. The number of rotatable bonds is 5. The molecule has 0 spiro atoms. The van der Waals surface area contributed by atoms with Crippen LogP contribution in [0.2, 0.25) is 0 Å². The lowest BCUT2D eigenvalue weighted by Gasteiger charge is -2.18. The molecule has 266 valence electrons. The average Bonchev–Trinajstić information content (AvgIpc) is 3.75. The Bertz CT molecular complexity index is 3200. The van der Waals surface area contributed by atoms with Crippen LogP contribution >= 0.6 is 0 Å². The molecule has 11 heteroatoms. The maximum absolute atomic E-state index is 14.5. The fourth-order valence-electron chi connectivity index (χ4n) is 7.60. The molecule has 5 aromatic heterocycles. The number of benzene rings is 5. The van der Waals surface area contributed by atoms with Crippen LogP contribution in [-0.4, -0.2) is 34.1 Å². The van der Waals surface area contributed by atoms with Crippen LogP contribution in [0.15, 0.2) is 152 Å². The van der Waals surface area contributed by atoms with Gasteiger partial charge in [-0.05, 0) is 66.2 Å². The Hall–Kier alpha value is -7.71. The first-order valence-corrected chi connectivity index (χ1v) is 17.6. The van der Waals surface area contributed by atoms with E-state index in [1.54, 1.807) is 49.2 Å². The molecule has 0 atom stereocenters. The van der Waals surface area contributed by atoms with E-state index in [1.807, 2.05) is 100 Å². The minimum Gasteiger partial charge on any atom is -0.307 e. The van der Waals surface area contributed by atoms with Crippen LogP contribution in [0.1, 0.15) is 11.1 Å². The number of nitrogens with zero attached hydrogens (tertiary/aromatic N) is 8. The van der Waals surface area contributed by atoms with Crippen LogP contribution < -0.4 is 0 Å². The summed E-state index contributed by atoms with van der Waals surface area (Å²) in [6.45, 7) is 0. The Morgan fingerprint density at radius 1 is 0.500 bits per heavy atom. The van der Waals surface area contributed by atoms with Gasteiger partial charge in [-0.15, -0.1) is 0 Å². The summed E-state index contributed by atoms with van der Waals surface area (Å²) in [6.07, 6.45) is 3.71. The zero-order valence-corrected chi connectivity index (χ0v) is 29.1. The van der Waals surface area contributed by atoms with Crippen molar-refractivity contribution in [2.45, 2.75) is 6.18 Å². The molecular formula is C45H25F3N8. The van der Waals surface area contributed by atoms with Gasteiger partial charge in [0.1, 0.15) is 5.82 Å². The van der Waals surface area contributed by atoms with Gasteiger partial charge in [0.15, 0.2) is 11.6 Å². The first-order valence-electron chi connectivity index (χ1n) is 17.6. The molecule has 0 saturated heterocycles. The quantitative estimate of drug-likeness (QED) is 0.175. The Kier molecular flexibility index (Phi) is 7.47. The average molecular weight is 735 g/mol. The predicted molar refractivity (Wildman–Crippen MR) is 210 cm³/mol. The summed E-state index contributed by atoms with van der Waals surface area (Å²) < 4.78 is 47.4. The van der Waals surface area contributed by atoms with Crippen molar-refractivity contribution in [3.8, 4) is 51.5 Å². The van der Waals surface area contributed by atoms with E-state index in [0.29, 0.717) is 28.7 Å². The van der Waals surface area contributed by atoms with Crippen LogP contribution in [0.5, 0.6) is 0 Å². The van der Waals surface area contributed by atoms with Gasteiger partial charge in [-0.25, -0.2) is 24.9 Å². The van der Waals surface area contributed by atoms with E-state index in [4.69, 9.17) is 4.98 Å². The van der Waals surface area contributed by atoms with Crippen molar-refractivity contribution in [3.63, 3.8) is 0 Å². The molecule has 56 heavy (non-hydrogen) atoms. The van der Waals surface area contributed by atoms with Crippen LogP contribution in [0.3, 0.4) is 0 Å². The summed E-state index contributed by atoms with van der Waals surface area (Å²) in [5.41, 5.74) is 4.96. The van der Waals surface area contributed by atoms with Gasteiger partial charge in [0.25, 0.3) is 0 Å². The molecule has 8 nitrogen and oxygen atoms in total. The summed E-state index contributed by atoms with van der Waals surface area (Å²) >= 11 is 0. The second-order valence-electron chi connectivity index (χ2n) is 13.3. The molecule has 5 aromatic carbocycles. The molecule has 0 aliphatic carbocycles. The third kappa shape index (κ3) is 5.34. The number of halogens is 3. The van der Waals surface area contributed by atoms with Gasteiger partial charge in [-0.2, -0.15) is 18.4 Å². The normalized spacial score (nSPS) is 11.8. The second-order valence-corrected chi connectivity index (χ2v) is 13.3. The fraction of sp³-hybridized carbons (Fsp3) is 0.0222. The molecule has 0 fully saturated rings. The molecule has 0 N–H and O–H groups in total. The zero-order chi connectivity index (χ0) is 38.0. The SMILES string of the molecule is N#Cc1cc(-c2cc(-n3c4ccccc4c4ccc(-c5ncccn5)cc43)ncc2-n2c3ccccc3c3ccc(-c4ncccn4)cc32)cc(C(F)(F)F)c1. The molecule has 0 aliphatic heterocycles. The monoisotopic (exact) mass is 734 g/mol. The van der Waals surface area contributed by atoms with Gasteiger partial charge in [-0.1, -0.05) is 60.7 Å². The summed E-state index contributed by atoms with van der Waals surface area (Å²) in [4.78, 5) is 22.9. The van der Waals surface area contributed by atoms with Gasteiger partial charge in [-0.3, -0.25) is 4.57 Å². The third-order valence-corrected chi connectivity index (χ3v) is 10.0. The number of aromatic nitrogens is 7. The second kappa shape index (κ2) is 12.7. The molecule has 0 unspecified atom stereocenters. The van der Waals surface area contributed by atoms with Gasteiger partial charge in [0, 0.05) is 63.0 Å². The molecule has 10 aromatic rings. The highest BCUT2D eigenvalue weighted by Crippen LogP contribution is 2.41. The van der Waals surface area contributed by atoms with Crippen molar-refractivity contribution in [2.24, 2.45) is 0 Å². The maximum atomic E-state index is 14.5. The van der Waals surface area contributed by atoms with Gasteiger partial charge >= 0.3 is 6.18 Å². The smallest absolute Gasteiger partial charge is 0.307 e. The molecule has 0 amide bonds. The molecule has 0 bridgehead atoms. The van der Waals surface area contributed by atoms with E-state index >= 15 is 0 Å². The van der Waals surface area contributed by atoms with Crippen molar-refractivity contribution in [1.29, 1.82) is 5.26 Å². The molecule has 5 heterocycles. The standard InChI is InChI=1S/C45H25F3N8/c46-45(47,48)31-20-27(25-49)19-30(21-31)36-24-42(56-38-10-4-2-8-33(38)35-14-12-29(23-40(35)56)44-52-17-6-18-53-44)54-26-41(36)55-37-9-3-1-7-32(37)34-13-11-28(22-39(34)55)43-50-15-5-16-51-43/h1-24,26H. The van der Waals surface area contributed by atoms with E-state index in [1.165, 1.54) is 6.07 Å². The molecule has 0 saturated carbocycles. The van der Waals surface area contributed by atoms with Crippen LogP contribution in [0.25, 0.3) is 89.0 Å². The Morgan fingerprint density at radius 3 is 1.61 bits per heavy atom. The van der Waals surface area contributed by atoms with Crippen molar-refractivity contribution in [1.82, 2.24) is 34.1 Å². The van der Waals surface area contributed by atoms with Crippen molar-refractivity contribution in [3.05, 3.63) is 163 Å². The molecule has 10 rings (SSSR count). The number of pyridine rings is 1. The van der Waals surface area contributed by atoms with Gasteiger partial charge < -0.3 is 4.57 Å². The van der Waals surface area contributed by atoms with Gasteiger partial charge in [0.2, 0.25) is 0 Å². The van der Waals surface area contributed by atoms with E-state index < -0.39 is 11.7 Å². The zero-order valence-electron chi connectivity index (χ0n) is 29.1. The summed E-state index contributed by atoms with van der Waals surface area (Å²) in [5, 5.41) is 13.8. The predicted octanol–water partition coefficient (Wildman–Crippen LogP) is 10.7. The third-order valence-electron chi connectivity index (χ3n) is 10.0. The first kappa shape index (κ1) is 32.9. The summed E-state index contributed by atoms with van der Waals surface area (Å²) in [6, 6.07) is 38.4. The van der Waals surface area contributed by atoms with Crippen molar-refractivity contribution < 1.29 is 13.2 Å². The lowest BCUT2D eigenvalue weighted by Crippen LogP contribution is -2.07. The molecule has 0 radical (unpaired) electrons. The first-order chi connectivity index (χ1) is 27.4. The Labute approximate surface area is 316 Å². The number of para-hydroxylation sites is 2. The van der Waals surface area contributed by atoms with E-state index in [2.05, 4.69) is 19.9 Å². The number of hydrogen-bond donors (Lipinski definition) is 0. The largest absolute Gasteiger partial charge is 0.416 e. The van der Waals surface area contributed by atoms with Crippen LogP contribution in [0, 0.1) is 11.3 Å². The topological polar surface area (TPSA) is 98.1 Å². The summed E-state index contributed by atoms with van der Waals surface area (Å²) in [7, 11) is 0. The van der Waals surface area contributed by atoms with E-state index in [0.717, 1.165) is 66.9 Å². The minimum atomic E-state index is -4.70. The number of hydrogen-bond acceptors (Lipinski definition) is 6.